The molecule has 2 fully saturated rings. The van der Waals surface area contributed by atoms with Crippen molar-refractivity contribution in [2.24, 2.45) is 0 Å². The third kappa shape index (κ3) is 2.79. The Labute approximate surface area is 133 Å². The zero-order valence-electron chi connectivity index (χ0n) is 12.6. The molecule has 7 nitrogen and oxygen atoms in total. The van der Waals surface area contributed by atoms with Crippen LogP contribution in [0.1, 0.15) is 23.2 Å². The van der Waals surface area contributed by atoms with Gasteiger partial charge in [-0.3, -0.25) is 9.78 Å². The molecule has 1 atom stereocenters. The van der Waals surface area contributed by atoms with Crippen molar-refractivity contribution in [2.75, 3.05) is 19.7 Å². The highest BCUT2D eigenvalue weighted by Gasteiger charge is 2.50. The van der Waals surface area contributed by atoms with Crippen LogP contribution >= 0.6 is 0 Å². The predicted octanol–water partition coefficient (Wildman–Crippen LogP) is 1.52. The Morgan fingerprint density at radius 2 is 2.30 bits per heavy atom. The molecule has 0 aliphatic carbocycles. The van der Waals surface area contributed by atoms with Crippen LogP contribution in [0.5, 0.6) is 5.88 Å². The molecular formula is C16H17N3O4. The van der Waals surface area contributed by atoms with Crippen LogP contribution in [-0.2, 0) is 4.74 Å². The van der Waals surface area contributed by atoms with Gasteiger partial charge in [0, 0.05) is 25.2 Å². The van der Waals surface area contributed by atoms with Gasteiger partial charge in [-0.15, -0.1) is 0 Å². The molecule has 2 aromatic rings. The molecule has 1 spiro atoms. The molecule has 0 aromatic carbocycles. The van der Waals surface area contributed by atoms with Crippen molar-refractivity contribution < 1.29 is 18.7 Å². The second-order valence-electron chi connectivity index (χ2n) is 5.98. The minimum Gasteiger partial charge on any atom is -0.473 e. The standard InChI is InChI=1S/C16H17N3O4/c20-15(12-1-5-21-9-12)19-10-16(11-19)7-13(2-6-22-16)23-14-8-17-3-4-18-14/h1,3-5,8-9,13H,2,6-7,10-11H2/t13-/m0/s1. The van der Waals surface area contributed by atoms with Gasteiger partial charge in [0.1, 0.15) is 18.0 Å². The van der Waals surface area contributed by atoms with Crippen molar-refractivity contribution in [3.8, 4) is 5.88 Å². The summed E-state index contributed by atoms with van der Waals surface area (Å²) in [6.07, 6.45) is 9.40. The number of carbonyl (C=O) groups excluding carboxylic acids is 1. The minimum atomic E-state index is -0.301. The van der Waals surface area contributed by atoms with Crippen LogP contribution in [0.4, 0.5) is 0 Å². The fourth-order valence-corrected chi connectivity index (χ4v) is 3.18. The lowest BCUT2D eigenvalue weighted by Gasteiger charge is -2.52. The molecule has 23 heavy (non-hydrogen) atoms. The van der Waals surface area contributed by atoms with Crippen LogP contribution in [0.2, 0.25) is 0 Å². The summed E-state index contributed by atoms with van der Waals surface area (Å²) in [6, 6.07) is 1.68. The highest BCUT2D eigenvalue weighted by Crippen LogP contribution is 2.36. The first-order valence-corrected chi connectivity index (χ1v) is 7.62. The number of aromatic nitrogens is 2. The molecule has 0 saturated carbocycles. The molecule has 7 heteroatoms. The average Bonchev–Trinajstić information content (AvgIpc) is 3.07. The van der Waals surface area contributed by atoms with Gasteiger partial charge in [0.2, 0.25) is 5.88 Å². The smallest absolute Gasteiger partial charge is 0.257 e. The van der Waals surface area contributed by atoms with Gasteiger partial charge in [-0.05, 0) is 6.07 Å². The first kappa shape index (κ1) is 14.2. The lowest BCUT2D eigenvalue weighted by Crippen LogP contribution is -2.67. The Bertz CT molecular complexity index is 668. The molecule has 0 radical (unpaired) electrons. The van der Waals surface area contributed by atoms with E-state index in [1.165, 1.54) is 12.5 Å². The van der Waals surface area contributed by atoms with E-state index in [1.54, 1.807) is 29.6 Å². The molecule has 2 aliphatic rings. The van der Waals surface area contributed by atoms with Crippen LogP contribution in [0.3, 0.4) is 0 Å². The fraction of sp³-hybridized carbons (Fsp3) is 0.438. The summed E-state index contributed by atoms with van der Waals surface area (Å²) in [7, 11) is 0. The SMILES string of the molecule is O=C(c1ccoc1)N1CC2(C[C@@H](Oc3cnccn3)CCO2)C1. The first-order valence-electron chi connectivity index (χ1n) is 7.62. The number of hydrogen-bond donors (Lipinski definition) is 0. The monoisotopic (exact) mass is 315 g/mol. The van der Waals surface area contributed by atoms with Crippen LogP contribution < -0.4 is 4.74 Å². The number of ether oxygens (including phenoxy) is 2. The Hall–Kier alpha value is -2.41. The molecule has 0 N–H and O–H groups in total. The van der Waals surface area contributed by atoms with E-state index in [0.29, 0.717) is 31.1 Å². The minimum absolute atomic E-state index is 0.0232. The van der Waals surface area contributed by atoms with Gasteiger partial charge in [0.05, 0.1) is 37.7 Å². The van der Waals surface area contributed by atoms with Gasteiger partial charge in [-0.1, -0.05) is 0 Å². The lowest BCUT2D eigenvalue weighted by molar-refractivity contribution is -0.174. The van der Waals surface area contributed by atoms with Crippen LogP contribution in [0.25, 0.3) is 0 Å². The molecule has 2 aliphatic heterocycles. The number of amides is 1. The van der Waals surface area contributed by atoms with E-state index in [-0.39, 0.29) is 17.6 Å². The quantitative estimate of drug-likeness (QED) is 0.854. The highest BCUT2D eigenvalue weighted by atomic mass is 16.5. The summed E-state index contributed by atoms with van der Waals surface area (Å²) in [5.41, 5.74) is 0.271. The topological polar surface area (TPSA) is 77.7 Å². The molecular weight excluding hydrogens is 298 g/mol. The van der Waals surface area contributed by atoms with Crippen LogP contribution in [0, 0.1) is 0 Å². The summed E-state index contributed by atoms with van der Waals surface area (Å²) in [5.74, 6) is 0.505. The summed E-state index contributed by atoms with van der Waals surface area (Å²) in [4.78, 5) is 22.2. The maximum Gasteiger partial charge on any atom is 0.257 e. The number of furan rings is 1. The second kappa shape index (κ2) is 5.66. The summed E-state index contributed by atoms with van der Waals surface area (Å²) in [5, 5.41) is 0. The van der Waals surface area contributed by atoms with Gasteiger partial charge in [-0.25, -0.2) is 4.98 Å². The summed E-state index contributed by atoms with van der Waals surface area (Å²) < 4.78 is 16.8. The second-order valence-corrected chi connectivity index (χ2v) is 5.98. The first-order chi connectivity index (χ1) is 11.2. The number of nitrogens with zero attached hydrogens (tertiary/aromatic N) is 3. The van der Waals surface area contributed by atoms with E-state index < -0.39 is 0 Å². The zero-order chi connectivity index (χ0) is 15.7. The predicted molar refractivity (Wildman–Crippen MR) is 79.0 cm³/mol. The molecule has 1 amide bonds. The highest BCUT2D eigenvalue weighted by molar-refractivity contribution is 5.94. The van der Waals surface area contributed by atoms with Crippen molar-refractivity contribution in [3.63, 3.8) is 0 Å². The Morgan fingerprint density at radius 3 is 3.04 bits per heavy atom. The average molecular weight is 315 g/mol. The summed E-state index contributed by atoms with van der Waals surface area (Å²) >= 11 is 0. The molecule has 2 aromatic heterocycles. The Morgan fingerprint density at radius 1 is 1.39 bits per heavy atom. The van der Waals surface area contributed by atoms with E-state index in [0.717, 1.165) is 12.8 Å². The molecule has 0 unspecified atom stereocenters. The van der Waals surface area contributed by atoms with Gasteiger partial charge in [0.25, 0.3) is 5.91 Å². The van der Waals surface area contributed by atoms with Crippen LogP contribution in [-0.4, -0.2) is 52.2 Å². The van der Waals surface area contributed by atoms with Gasteiger partial charge in [-0.2, -0.15) is 0 Å². The van der Waals surface area contributed by atoms with E-state index in [9.17, 15) is 4.79 Å². The van der Waals surface area contributed by atoms with Crippen LogP contribution in [0.15, 0.2) is 41.6 Å². The largest absolute Gasteiger partial charge is 0.473 e. The van der Waals surface area contributed by atoms with Crippen molar-refractivity contribution in [1.29, 1.82) is 0 Å². The lowest BCUT2D eigenvalue weighted by atomic mass is 9.84. The molecule has 4 heterocycles. The number of rotatable bonds is 3. The van der Waals surface area contributed by atoms with Crippen molar-refractivity contribution in [3.05, 3.63) is 42.7 Å². The van der Waals surface area contributed by atoms with E-state index in [4.69, 9.17) is 13.9 Å². The fourth-order valence-electron chi connectivity index (χ4n) is 3.18. The van der Waals surface area contributed by atoms with Gasteiger partial charge >= 0.3 is 0 Å². The van der Waals surface area contributed by atoms with Crippen molar-refractivity contribution in [1.82, 2.24) is 14.9 Å². The van der Waals surface area contributed by atoms with Crippen molar-refractivity contribution >= 4 is 5.91 Å². The zero-order valence-corrected chi connectivity index (χ0v) is 12.6. The van der Waals surface area contributed by atoms with Gasteiger partial charge in [0.15, 0.2) is 0 Å². The maximum absolute atomic E-state index is 12.2. The number of likely N-dealkylation sites (tertiary alicyclic amines) is 1. The summed E-state index contributed by atoms with van der Waals surface area (Å²) in [6.45, 7) is 1.79. The molecule has 2 saturated heterocycles. The Kier molecular flexibility index (Phi) is 3.49. The number of hydrogen-bond acceptors (Lipinski definition) is 6. The van der Waals surface area contributed by atoms with E-state index in [1.807, 2.05) is 0 Å². The molecule has 0 bridgehead atoms. The van der Waals surface area contributed by atoms with Gasteiger partial charge < -0.3 is 18.8 Å². The van der Waals surface area contributed by atoms with E-state index >= 15 is 0 Å². The number of carbonyl (C=O) groups is 1. The molecule has 4 rings (SSSR count). The third-order valence-corrected chi connectivity index (χ3v) is 4.29. The Balaban J connectivity index is 1.36. The molecule has 120 valence electrons. The van der Waals surface area contributed by atoms with E-state index in [2.05, 4.69) is 9.97 Å². The normalized spacial score (nSPS) is 22.6. The van der Waals surface area contributed by atoms with Crippen molar-refractivity contribution in [2.45, 2.75) is 24.5 Å². The maximum atomic E-state index is 12.2. The third-order valence-electron chi connectivity index (χ3n) is 4.29.